The molecule has 2 rings (SSSR count). The Kier molecular flexibility index (Phi) is 7.20. The zero-order chi connectivity index (χ0) is 19.9. The van der Waals surface area contributed by atoms with Crippen molar-refractivity contribution in [3.63, 3.8) is 0 Å². The number of methoxy groups -OCH3 is 2. The van der Waals surface area contributed by atoms with Crippen LogP contribution in [0.3, 0.4) is 0 Å². The SMILES string of the molecule is COCCCNC(=O)c1ccc(NS(=O)(=O)c2ccc(OC)cc2)c(C)c1. The lowest BCUT2D eigenvalue weighted by atomic mass is 10.1. The van der Waals surface area contributed by atoms with Crippen molar-refractivity contribution in [3.8, 4) is 5.75 Å². The predicted octanol–water partition coefficient (Wildman–Crippen LogP) is 2.57. The molecular formula is C19H24N2O5S. The van der Waals surface area contributed by atoms with Crippen molar-refractivity contribution in [1.29, 1.82) is 0 Å². The Bertz CT molecular complexity index is 879. The number of sulfonamides is 1. The number of anilines is 1. The zero-order valence-electron chi connectivity index (χ0n) is 15.6. The zero-order valence-corrected chi connectivity index (χ0v) is 16.4. The van der Waals surface area contributed by atoms with Crippen molar-refractivity contribution in [1.82, 2.24) is 5.32 Å². The molecule has 0 unspecified atom stereocenters. The van der Waals surface area contributed by atoms with Crippen molar-refractivity contribution in [2.24, 2.45) is 0 Å². The Balaban J connectivity index is 2.09. The molecule has 0 aliphatic heterocycles. The normalized spacial score (nSPS) is 11.1. The molecule has 0 atom stereocenters. The van der Waals surface area contributed by atoms with Crippen molar-refractivity contribution in [3.05, 3.63) is 53.6 Å². The van der Waals surface area contributed by atoms with Gasteiger partial charge in [0.15, 0.2) is 0 Å². The van der Waals surface area contributed by atoms with Crippen LogP contribution in [0.1, 0.15) is 22.3 Å². The van der Waals surface area contributed by atoms with Gasteiger partial charge in [-0.15, -0.1) is 0 Å². The van der Waals surface area contributed by atoms with E-state index in [0.29, 0.717) is 35.7 Å². The average Bonchev–Trinajstić information content (AvgIpc) is 2.66. The van der Waals surface area contributed by atoms with Crippen LogP contribution in [0.4, 0.5) is 5.69 Å². The van der Waals surface area contributed by atoms with Gasteiger partial charge in [-0.25, -0.2) is 8.42 Å². The highest BCUT2D eigenvalue weighted by atomic mass is 32.2. The minimum absolute atomic E-state index is 0.127. The Morgan fingerprint density at radius 1 is 1.07 bits per heavy atom. The van der Waals surface area contributed by atoms with Crippen LogP contribution < -0.4 is 14.8 Å². The van der Waals surface area contributed by atoms with Gasteiger partial charge < -0.3 is 14.8 Å². The summed E-state index contributed by atoms with van der Waals surface area (Å²) in [5.74, 6) is 0.366. The van der Waals surface area contributed by atoms with Crippen LogP contribution in [-0.2, 0) is 14.8 Å². The second-order valence-electron chi connectivity index (χ2n) is 5.91. The molecule has 0 fully saturated rings. The van der Waals surface area contributed by atoms with Crippen LogP contribution in [0, 0.1) is 6.92 Å². The first-order valence-corrected chi connectivity index (χ1v) is 9.90. The van der Waals surface area contributed by atoms with Crippen LogP contribution in [0.5, 0.6) is 5.75 Å². The van der Waals surface area contributed by atoms with E-state index < -0.39 is 10.0 Å². The highest BCUT2D eigenvalue weighted by Crippen LogP contribution is 2.22. The molecule has 0 heterocycles. The lowest BCUT2D eigenvalue weighted by molar-refractivity contribution is 0.0948. The summed E-state index contributed by atoms with van der Waals surface area (Å²) < 4.78 is 37.6. The van der Waals surface area contributed by atoms with E-state index in [4.69, 9.17) is 9.47 Å². The molecule has 2 aromatic rings. The maximum absolute atomic E-state index is 12.5. The van der Waals surface area contributed by atoms with Crippen LogP contribution in [0.2, 0.25) is 0 Å². The lowest BCUT2D eigenvalue weighted by Crippen LogP contribution is -2.25. The van der Waals surface area contributed by atoms with E-state index in [2.05, 4.69) is 10.0 Å². The molecule has 0 radical (unpaired) electrons. The summed E-state index contributed by atoms with van der Waals surface area (Å²) in [6, 6.07) is 10.9. The highest BCUT2D eigenvalue weighted by molar-refractivity contribution is 7.92. The first-order chi connectivity index (χ1) is 12.9. The van der Waals surface area contributed by atoms with Gasteiger partial charge in [0.1, 0.15) is 5.75 Å². The molecular weight excluding hydrogens is 368 g/mol. The fourth-order valence-corrected chi connectivity index (χ4v) is 3.53. The van der Waals surface area contributed by atoms with Gasteiger partial charge in [-0.1, -0.05) is 0 Å². The Morgan fingerprint density at radius 3 is 2.37 bits per heavy atom. The smallest absolute Gasteiger partial charge is 0.261 e. The summed E-state index contributed by atoms with van der Waals surface area (Å²) >= 11 is 0. The van der Waals surface area contributed by atoms with Crippen molar-refractivity contribution < 1.29 is 22.7 Å². The molecule has 0 saturated heterocycles. The van der Waals surface area contributed by atoms with Gasteiger partial charge in [0.05, 0.1) is 17.7 Å². The summed E-state index contributed by atoms with van der Waals surface area (Å²) in [6.45, 7) is 2.83. The topological polar surface area (TPSA) is 93.7 Å². The molecule has 7 nitrogen and oxygen atoms in total. The third-order valence-corrected chi connectivity index (χ3v) is 5.29. The number of benzene rings is 2. The van der Waals surface area contributed by atoms with Gasteiger partial charge in [0.25, 0.3) is 15.9 Å². The quantitative estimate of drug-likeness (QED) is 0.640. The maximum atomic E-state index is 12.5. The number of hydrogen-bond donors (Lipinski definition) is 2. The van der Waals surface area contributed by atoms with Gasteiger partial charge in [-0.2, -0.15) is 0 Å². The van der Waals surface area contributed by atoms with Gasteiger partial charge in [0, 0.05) is 25.8 Å². The monoisotopic (exact) mass is 392 g/mol. The number of carbonyl (C=O) groups excluding carboxylic acids is 1. The number of ether oxygens (including phenoxy) is 2. The van der Waals surface area contributed by atoms with Crippen molar-refractivity contribution in [2.45, 2.75) is 18.2 Å². The minimum atomic E-state index is -3.73. The van der Waals surface area contributed by atoms with E-state index in [-0.39, 0.29) is 10.8 Å². The first-order valence-electron chi connectivity index (χ1n) is 8.42. The predicted molar refractivity (Wildman–Crippen MR) is 104 cm³/mol. The third kappa shape index (κ3) is 5.70. The maximum Gasteiger partial charge on any atom is 0.261 e. The van der Waals surface area contributed by atoms with Gasteiger partial charge in [0.2, 0.25) is 0 Å². The Hall–Kier alpha value is -2.58. The molecule has 0 saturated carbocycles. The van der Waals surface area contributed by atoms with E-state index >= 15 is 0 Å². The van der Waals surface area contributed by atoms with E-state index in [1.54, 1.807) is 44.4 Å². The molecule has 2 N–H and O–H groups in total. The van der Waals surface area contributed by atoms with Gasteiger partial charge in [-0.05, 0) is 61.4 Å². The summed E-state index contributed by atoms with van der Waals surface area (Å²) in [5, 5.41) is 2.80. The van der Waals surface area contributed by atoms with Crippen LogP contribution in [-0.4, -0.2) is 41.7 Å². The number of amides is 1. The summed E-state index contributed by atoms with van der Waals surface area (Å²) in [6.07, 6.45) is 0.723. The Labute approximate surface area is 159 Å². The molecule has 1 amide bonds. The van der Waals surface area contributed by atoms with E-state index in [9.17, 15) is 13.2 Å². The number of nitrogens with one attached hydrogen (secondary N) is 2. The number of rotatable bonds is 9. The molecule has 8 heteroatoms. The third-order valence-electron chi connectivity index (χ3n) is 3.91. The largest absolute Gasteiger partial charge is 0.497 e. The number of hydrogen-bond acceptors (Lipinski definition) is 5. The molecule has 0 spiro atoms. The van der Waals surface area contributed by atoms with Gasteiger partial charge in [-0.3, -0.25) is 9.52 Å². The van der Waals surface area contributed by atoms with Gasteiger partial charge >= 0.3 is 0 Å². The molecule has 27 heavy (non-hydrogen) atoms. The lowest BCUT2D eigenvalue weighted by Gasteiger charge is -2.12. The fraction of sp³-hybridized carbons (Fsp3) is 0.316. The van der Waals surface area contributed by atoms with E-state index in [1.807, 2.05) is 0 Å². The molecule has 2 aromatic carbocycles. The summed E-state index contributed by atoms with van der Waals surface area (Å²) in [5.41, 5.74) is 1.54. The second-order valence-corrected chi connectivity index (χ2v) is 7.60. The number of carbonyl (C=O) groups is 1. The first kappa shape index (κ1) is 20.7. The molecule has 146 valence electrons. The molecule has 0 aromatic heterocycles. The van der Waals surface area contributed by atoms with E-state index in [1.165, 1.54) is 19.2 Å². The second kappa shape index (κ2) is 9.38. The van der Waals surface area contributed by atoms with Crippen molar-refractivity contribution >= 4 is 21.6 Å². The van der Waals surface area contributed by atoms with Crippen LogP contribution >= 0.6 is 0 Å². The summed E-state index contributed by atoms with van der Waals surface area (Å²) in [4.78, 5) is 12.3. The summed E-state index contributed by atoms with van der Waals surface area (Å²) in [7, 11) is -0.612. The Morgan fingerprint density at radius 2 is 1.78 bits per heavy atom. The highest BCUT2D eigenvalue weighted by Gasteiger charge is 2.16. The fourth-order valence-electron chi connectivity index (χ4n) is 2.40. The molecule has 0 aliphatic rings. The van der Waals surface area contributed by atoms with Crippen molar-refractivity contribution in [2.75, 3.05) is 32.1 Å². The standard InChI is InChI=1S/C19H24N2O5S/c1-14-13-15(19(22)20-11-4-12-25-2)5-10-18(14)21-27(23,24)17-8-6-16(26-3)7-9-17/h5-10,13,21H,4,11-12H2,1-3H3,(H,20,22). The molecule has 0 aliphatic carbocycles. The minimum Gasteiger partial charge on any atom is -0.497 e. The average molecular weight is 392 g/mol. The van der Waals surface area contributed by atoms with E-state index in [0.717, 1.165) is 6.42 Å². The number of aryl methyl sites for hydroxylation is 1. The van der Waals surface area contributed by atoms with Crippen LogP contribution in [0.25, 0.3) is 0 Å². The molecule has 0 bridgehead atoms. The van der Waals surface area contributed by atoms with Crippen LogP contribution in [0.15, 0.2) is 47.4 Å².